The molecule has 1 saturated heterocycles. The molecule has 3 aromatic carbocycles. The van der Waals surface area contributed by atoms with Gasteiger partial charge in [0, 0.05) is 33.7 Å². The van der Waals surface area contributed by atoms with Crippen LogP contribution in [0.25, 0.3) is 17.0 Å². The van der Waals surface area contributed by atoms with Crippen molar-refractivity contribution >= 4 is 52.1 Å². The third-order valence-electron chi connectivity index (χ3n) is 10.7. The Morgan fingerprint density at radius 1 is 0.864 bits per heavy atom. The molecule has 0 unspecified atom stereocenters. The summed E-state index contributed by atoms with van der Waals surface area (Å²) in [4.78, 5) is 41.2. The second kappa shape index (κ2) is 10.2. The number of fused-ring (bicyclic) bond motifs is 1. The Balaban J connectivity index is 1.13. The normalized spacial score (nSPS) is 27.0. The first-order valence-corrected chi connectivity index (χ1v) is 16.0. The fourth-order valence-corrected chi connectivity index (χ4v) is 9.21. The minimum atomic E-state index is -0.721. The van der Waals surface area contributed by atoms with Gasteiger partial charge < -0.3 is 4.57 Å². The first-order chi connectivity index (χ1) is 21.3. The molecule has 4 aliphatic carbocycles. The Hall–Kier alpha value is -4.16. The Kier molecular flexibility index (Phi) is 6.35. The van der Waals surface area contributed by atoms with Crippen molar-refractivity contribution < 1.29 is 14.4 Å². The number of hydrogen-bond acceptors (Lipinski definition) is 3. The highest BCUT2D eigenvalue weighted by Gasteiger charge is 2.51. The molecule has 9 rings (SSSR count). The van der Waals surface area contributed by atoms with E-state index in [-0.39, 0.29) is 11.0 Å². The summed E-state index contributed by atoms with van der Waals surface area (Å²) >= 11 is 6.11. The summed E-state index contributed by atoms with van der Waals surface area (Å²) in [5, 5.41) is 4.01. The summed E-state index contributed by atoms with van der Waals surface area (Å²) in [5.41, 5.74) is 5.72. The molecule has 6 nitrogen and oxygen atoms in total. The van der Waals surface area contributed by atoms with Crippen LogP contribution in [0, 0.1) is 24.7 Å². The number of nitrogens with one attached hydrogen (secondary N) is 1. The number of anilines is 1. The SMILES string of the molecule is Cc1c(/C=C2\C(=O)NC(=O)N(c3ccc(C45CC6CC(CC(C6)C4)C5)cc3)C2=O)c2ccccc2n1Cc1ccc(Cl)cc1. The van der Waals surface area contributed by atoms with Crippen LogP contribution in [-0.4, -0.2) is 22.4 Å². The predicted octanol–water partition coefficient (Wildman–Crippen LogP) is 7.79. The number of carbonyl (C=O) groups excluding carboxylic acids is 3. The molecular formula is C37H34ClN3O3. The van der Waals surface area contributed by atoms with Gasteiger partial charge in [0.15, 0.2) is 0 Å². The minimum absolute atomic E-state index is 0.0627. The zero-order chi connectivity index (χ0) is 30.2. The van der Waals surface area contributed by atoms with Crippen LogP contribution in [0.15, 0.2) is 78.4 Å². The van der Waals surface area contributed by atoms with E-state index in [1.165, 1.54) is 44.1 Å². The molecule has 0 radical (unpaired) electrons. The van der Waals surface area contributed by atoms with E-state index in [2.05, 4.69) is 22.0 Å². The molecule has 5 fully saturated rings. The number of aromatic nitrogens is 1. The van der Waals surface area contributed by atoms with Gasteiger partial charge in [-0.25, -0.2) is 9.69 Å². The van der Waals surface area contributed by atoms with Crippen molar-refractivity contribution in [1.29, 1.82) is 0 Å². The van der Waals surface area contributed by atoms with Crippen LogP contribution in [0.5, 0.6) is 0 Å². The number of rotatable bonds is 5. The molecule has 1 aromatic heterocycles. The summed E-state index contributed by atoms with van der Waals surface area (Å²) in [6.45, 7) is 2.59. The van der Waals surface area contributed by atoms with Crippen LogP contribution < -0.4 is 10.2 Å². The molecule has 4 aromatic rings. The van der Waals surface area contributed by atoms with Gasteiger partial charge in [-0.15, -0.1) is 0 Å². The Morgan fingerprint density at radius 3 is 2.16 bits per heavy atom. The molecule has 5 aliphatic rings. The fraction of sp³-hybridized carbons (Fsp3) is 0.324. The van der Waals surface area contributed by atoms with Crippen LogP contribution in [0.1, 0.15) is 60.9 Å². The van der Waals surface area contributed by atoms with Gasteiger partial charge >= 0.3 is 6.03 Å². The van der Waals surface area contributed by atoms with Crippen LogP contribution in [0.3, 0.4) is 0 Å². The van der Waals surface area contributed by atoms with E-state index in [1.54, 1.807) is 6.08 Å². The zero-order valence-corrected chi connectivity index (χ0v) is 25.4. The lowest BCUT2D eigenvalue weighted by atomic mass is 9.48. The summed E-state index contributed by atoms with van der Waals surface area (Å²) < 4.78 is 2.17. The maximum atomic E-state index is 13.9. The number of halogens is 1. The maximum absolute atomic E-state index is 13.9. The highest BCUT2D eigenvalue weighted by atomic mass is 35.5. The molecule has 222 valence electrons. The highest BCUT2D eigenvalue weighted by molar-refractivity contribution is 6.39. The van der Waals surface area contributed by atoms with E-state index in [1.807, 2.05) is 67.6 Å². The molecule has 4 bridgehead atoms. The van der Waals surface area contributed by atoms with Gasteiger partial charge in [0.05, 0.1) is 5.69 Å². The summed E-state index contributed by atoms with van der Waals surface area (Å²) in [5.74, 6) is 1.18. The number of amides is 4. The van der Waals surface area contributed by atoms with Crippen LogP contribution in [0.2, 0.25) is 5.02 Å². The van der Waals surface area contributed by atoms with Gasteiger partial charge in [-0.2, -0.15) is 0 Å². The first-order valence-electron chi connectivity index (χ1n) is 15.6. The lowest BCUT2D eigenvalue weighted by molar-refractivity contribution is -0.122. The molecular weight excluding hydrogens is 570 g/mol. The molecule has 1 N–H and O–H groups in total. The Labute approximate surface area is 261 Å². The largest absolute Gasteiger partial charge is 0.340 e. The summed E-state index contributed by atoms with van der Waals surface area (Å²) in [7, 11) is 0. The smallest absolute Gasteiger partial charge is 0.335 e. The van der Waals surface area contributed by atoms with Crippen molar-refractivity contribution in [3.63, 3.8) is 0 Å². The van der Waals surface area contributed by atoms with E-state index in [4.69, 9.17) is 11.6 Å². The maximum Gasteiger partial charge on any atom is 0.335 e. The predicted molar refractivity (Wildman–Crippen MR) is 173 cm³/mol. The fourth-order valence-electron chi connectivity index (χ4n) is 9.08. The molecule has 1 aliphatic heterocycles. The number of benzene rings is 3. The molecule has 44 heavy (non-hydrogen) atoms. The second-order valence-corrected chi connectivity index (χ2v) is 13.9. The van der Waals surface area contributed by atoms with Gasteiger partial charge in [-0.1, -0.05) is 54.1 Å². The van der Waals surface area contributed by atoms with E-state index in [0.717, 1.165) is 50.4 Å². The van der Waals surface area contributed by atoms with Crippen LogP contribution in [-0.2, 0) is 21.5 Å². The number of nitrogens with zero attached hydrogens (tertiary/aromatic N) is 2. The zero-order valence-electron chi connectivity index (χ0n) is 24.7. The standard InChI is InChI=1S/C37H34ClN3O3/c1-22-31(30-4-2-3-5-33(30)40(22)21-23-6-10-28(38)11-7-23)17-32-34(42)39-36(44)41(35(32)43)29-12-8-27(9-13-29)37-18-24-14-25(19-37)16-26(15-24)20-37/h2-13,17,24-26H,14-16,18-21H2,1H3,(H,39,42,44)/b32-17+. The number of barbiturate groups is 1. The third kappa shape index (κ3) is 4.42. The molecule has 4 saturated carbocycles. The van der Waals surface area contributed by atoms with Crippen molar-refractivity contribution in [2.24, 2.45) is 17.8 Å². The van der Waals surface area contributed by atoms with Crippen molar-refractivity contribution in [1.82, 2.24) is 9.88 Å². The Morgan fingerprint density at radius 2 is 1.50 bits per heavy atom. The van der Waals surface area contributed by atoms with Crippen molar-refractivity contribution in [3.05, 3.63) is 106 Å². The number of para-hydroxylation sites is 1. The summed E-state index contributed by atoms with van der Waals surface area (Å²) in [6, 6.07) is 22.9. The topological polar surface area (TPSA) is 71.4 Å². The molecule has 0 spiro atoms. The van der Waals surface area contributed by atoms with E-state index in [0.29, 0.717) is 17.3 Å². The number of hydrogen-bond donors (Lipinski definition) is 1. The van der Waals surface area contributed by atoms with E-state index < -0.39 is 17.8 Å². The van der Waals surface area contributed by atoms with Gasteiger partial charge in [0.1, 0.15) is 5.57 Å². The summed E-state index contributed by atoms with van der Waals surface area (Å²) in [6.07, 6.45) is 9.50. The molecule has 2 heterocycles. The van der Waals surface area contributed by atoms with Crippen molar-refractivity contribution in [2.75, 3.05) is 4.90 Å². The molecule has 4 amide bonds. The van der Waals surface area contributed by atoms with E-state index >= 15 is 0 Å². The monoisotopic (exact) mass is 603 g/mol. The number of imide groups is 2. The third-order valence-corrected chi connectivity index (χ3v) is 11.0. The first kappa shape index (κ1) is 27.4. The lowest BCUT2D eigenvalue weighted by Gasteiger charge is -2.57. The van der Waals surface area contributed by atoms with Gasteiger partial charge in [-0.05, 0) is 116 Å². The van der Waals surface area contributed by atoms with Gasteiger partial charge in [-0.3, -0.25) is 14.9 Å². The average Bonchev–Trinajstić information content (AvgIpc) is 3.26. The van der Waals surface area contributed by atoms with Crippen molar-refractivity contribution in [2.45, 2.75) is 57.4 Å². The Bertz CT molecular complexity index is 1830. The number of carbonyl (C=O) groups is 3. The van der Waals surface area contributed by atoms with Gasteiger partial charge in [0.2, 0.25) is 0 Å². The van der Waals surface area contributed by atoms with E-state index in [9.17, 15) is 14.4 Å². The van der Waals surface area contributed by atoms with Crippen LogP contribution >= 0.6 is 11.6 Å². The average molecular weight is 604 g/mol. The van der Waals surface area contributed by atoms with Crippen molar-refractivity contribution in [3.8, 4) is 0 Å². The molecule has 0 atom stereocenters. The number of urea groups is 1. The lowest BCUT2D eigenvalue weighted by Crippen LogP contribution is -2.54. The molecule has 7 heteroatoms. The highest BCUT2D eigenvalue weighted by Crippen LogP contribution is 2.60. The van der Waals surface area contributed by atoms with Crippen LogP contribution in [0.4, 0.5) is 10.5 Å². The minimum Gasteiger partial charge on any atom is -0.340 e. The van der Waals surface area contributed by atoms with Gasteiger partial charge in [0.25, 0.3) is 11.8 Å². The second-order valence-electron chi connectivity index (χ2n) is 13.4. The quantitative estimate of drug-likeness (QED) is 0.187.